The Morgan fingerprint density at radius 1 is 1.29 bits per heavy atom. The molecular formula is C14H12Cl2N2O3. The van der Waals surface area contributed by atoms with Crippen molar-refractivity contribution in [1.29, 1.82) is 0 Å². The molecule has 0 atom stereocenters. The highest BCUT2D eigenvalue weighted by Gasteiger charge is 2.18. The van der Waals surface area contributed by atoms with E-state index in [4.69, 9.17) is 27.9 Å². The van der Waals surface area contributed by atoms with E-state index in [0.29, 0.717) is 10.8 Å². The fourth-order valence-electron chi connectivity index (χ4n) is 1.57. The van der Waals surface area contributed by atoms with E-state index in [0.717, 1.165) is 0 Å². The number of carbonyl (C=O) groups is 1. The van der Waals surface area contributed by atoms with Crippen molar-refractivity contribution in [2.24, 2.45) is 0 Å². The summed E-state index contributed by atoms with van der Waals surface area (Å²) in [6.07, 6.45) is 1.33. The number of hydrogen-bond donors (Lipinski definition) is 1. The highest BCUT2D eigenvalue weighted by Crippen LogP contribution is 2.32. The monoisotopic (exact) mass is 326 g/mol. The van der Waals surface area contributed by atoms with Crippen molar-refractivity contribution in [3.8, 4) is 11.5 Å². The highest BCUT2D eigenvalue weighted by atomic mass is 35.5. The molecule has 110 valence electrons. The van der Waals surface area contributed by atoms with Crippen LogP contribution in [0.3, 0.4) is 0 Å². The predicted octanol–water partition coefficient (Wildman–Crippen LogP) is 4.40. The van der Waals surface area contributed by atoms with Crippen molar-refractivity contribution in [2.75, 3.05) is 0 Å². The molecule has 0 amide bonds. The average Bonchev–Trinajstić information content (AvgIpc) is 2.41. The SMILES string of the molecule is CC(C)c1ncc(Oc2ccc(Cl)cc2Cl)c(C(=O)O)n1. The number of nitrogens with zero attached hydrogens (tertiary/aromatic N) is 2. The summed E-state index contributed by atoms with van der Waals surface area (Å²) in [6, 6.07) is 4.64. The van der Waals surface area contributed by atoms with Crippen LogP contribution in [0.5, 0.6) is 11.5 Å². The van der Waals surface area contributed by atoms with E-state index in [9.17, 15) is 9.90 Å². The third kappa shape index (κ3) is 3.62. The van der Waals surface area contributed by atoms with E-state index in [1.54, 1.807) is 12.1 Å². The smallest absolute Gasteiger partial charge is 0.358 e. The standard InChI is InChI=1S/C14H12Cl2N2O3/c1-7(2)13-17-6-11(12(18-13)14(19)20)21-10-4-3-8(15)5-9(10)16/h3-7H,1-2H3,(H,19,20). The second-order valence-corrected chi connectivity index (χ2v) is 5.42. The van der Waals surface area contributed by atoms with Crippen molar-refractivity contribution < 1.29 is 14.6 Å². The van der Waals surface area contributed by atoms with Gasteiger partial charge in [0, 0.05) is 10.9 Å². The lowest BCUT2D eigenvalue weighted by molar-refractivity contribution is 0.0686. The molecule has 2 rings (SSSR count). The van der Waals surface area contributed by atoms with Crippen molar-refractivity contribution in [3.05, 3.63) is 46.0 Å². The molecule has 0 saturated carbocycles. The minimum absolute atomic E-state index is 0.0104. The molecule has 0 radical (unpaired) electrons. The first kappa shape index (κ1) is 15.5. The number of carboxylic acids is 1. The van der Waals surface area contributed by atoms with Crippen LogP contribution < -0.4 is 4.74 Å². The summed E-state index contributed by atoms with van der Waals surface area (Å²) in [5.74, 6) is -0.446. The number of carboxylic acid groups (broad SMARTS) is 1. The minimum Gasteiger partial charge on any atom is -0.476 e. The van der Waals surface area contributed by atoms with E-state index in [-0.39, 0.29) is 28.1 Å². The summed E-state index contributed by atoms with van der Waals surface area (Å²) >= 11 is 11.8. The lowest BCUT2D eigenvalue weighted by atomic mass is 10.2. The van der Waals surface area contributed by atoms with E-state index in [2.05, 4.69) is 9.97 Å². The van der Waals surface area contributed by atoms with Gasteiger partial charge in [-0.05, 0) is 18.2 Å². The molecule has 0 bridgehead atoms. The number of rotatable bonds is 4. The van der Waals surface area contributed by atoms with Gasteiger partial charge >= 0.3 is 5.97 Å². The van der Waals surface area contributed by atoms with Crippen molar-refractivity contribution in [3.63, 3.8) is 0 Å². The second-order valence-electron chi connectivity index (χ2n) is 4.58. The van der Waals surface area contributed by atoms with E-state index in [1.165, 1.54) is 12.3 Å². The number of aromatic carboxylic acids is 1. The molecule has 5 nitrogen and oxygen atoms in total. The fraction of sp³-hybridized carbons (Fsp3) is 0.214. The largest absolute Gasteiger partial charge is 0.476 e. The van der Waals surface area contributed by atoms with Crippen LogP contribution in [0.1, 0.15) is 36.1 Å². The second kappa shape index (κ2) is 6.28. The molecule has 0 aliphatic heterocycles. The zero-order valence-corrected chi connectivity index (χ0v) is 12.8. The number of aromatic nitrogens is 2. The van der Waals surface area contributed by atoms with Crippen molar-refractivity contribution in [2.45, 2.75) is 19.8 Å². The molecule has 0 fully saturated rings. The third-order valence-electron chi connectivity index (χ3n) is 2.61. The highest BCUT2D eigenvalue weighted by molar-refractivity contribution is 6.35. The molecule has 0 aliphatic carbocycles. The molecule has 1 aromatic carbocycles. The Morgan fingerprint density at radius 2 is 2.00 bits per heavy atom. The zero-order chi connectivity index (χ0) is 15.6. The van der Waals surface area contributed by atoms with Crippen LogP contribution in [0.15, 0.2) is 24.4 Å². The maximum Gasteiger partial charge on any atom is 0.358 e. The van der Waals surface area contributed by atoms with E-state index >= 15 is 0 Å². The number of ether oxygens (including phenoxy) is 1. The van der Waals surface area contributed by atoms with Crippen molar-refractivity contribution in [1.82, 2.24) is 9.97 Å². The average molecular weight is 327 g/mol. The lowest BCUT2D eigenvalue weighted by Crippen LogP contribution is -2.08. The number of halogens is 2. The maximum absolute atomic E-state index is 11.3. The van der Waals surface area contributed by atoms with Crippen LogP contribution in [0.2, 0.25) is 10.0 Å². The van der Waals surface area contributed by atoms with Gasteiger partial charge in [-0.2, -0.15) is 0 Å². The summed E-state index contributed by atoms with van der Waals surface area (Å²) in [6.45, 7) is 3.75. The van der Waals surface area contributed by atoms with Gasteiger partial charge in [-0.1, -0.05) is 37.0 Å². The quantitative estimate of drug-likeness (QED) is 0.901. The normalized spacial score (nSPS) is 10.7. The molecule has 21 heavy (non-hydrogen) atoms. The first-order valence-corrected chi connectivity index (χ1v) is 6.87. The molecular weight excluding hydrogens is 315 g/mol. The molecule has 1 heterocycles. The van der Waals surface area contributed by atoms with Crippen LogP contribution in [-0.4, -0.2) is 21.0 Å². The van der Waals surface area contributed by atoms with Gasteiger partial charge in [0.05, 0.1) is 11.2 Å². The molecule has 0 unspecified atom stereocenters. The first-order chi connectivity index (χ1) is 9.88. The fourth-order valence-corrected chi connectivity index (χ4v) is 2.01. The molecule has 0 aliphatic rings. The molecule has 0 spiro atoms. The number of benzene rings is 1. The lowest BCUT2D eigenvalue weighted by Gasteiger charge is -2.11. The Morgan fingerprint density at radius 3 is 2.57 bits per heavy atom. The summed E-state index contributed by atoms with van der Waals surface area (Å²) < 4.78 is 5.49. The topological polar surface area (TPSA) is 72.3 Å². The Balaban J connectivity index is 2.41. The summed E-state index contributed by atoms with van der Waals surface area (Å²) in [7, 11) is 0. The predicted molar refractivity (Wildman–Crippen MR) is 79.6 cm³/mol. The van der Waals surface area contributed by atoms with Crippen LogP contribution in [0.4, 0.5) is 0 Å². The molecule has 2 aromatic rings. The van der Waals surface area contributed by atoms with Gasteiger partial charge in [0.25, 0.3) is 0 Å². The van der Waals surface area contributed by atoms with E-state index in [1.807, 2.05) is 13.8 Å². The molecule has 0 saturated heterocycles. The Kier molecular flexibility index (Phi) is 4.65. The molecule has 1 N–H and O–H groups in total. The Hall–Kier alpha value is -1.85. The molecule has 7 heteroatoms. The Bertz CT molecular complexity index is 690. The molecule has 1 aromatic heterocycles. The van der Waals surface area contributed by atoms with Gasteiger partial charge in [0.1, 0.15) is 11.6 Å². The van der Waals surface area contributed by atoms with E-state index < -0.39 is 5.97 Å². The summed E-state index contributed by atoms with van der Waals surface area (Å²) in [5, 5.41) is 9.96. The van der Waals surface area contributed by atoms with Gasteiger partial charge in [-0.15, -0.1) is 0 Å². The van der Waals surface area contributed by atoms with Crippen LogP contribution in [0, 0.1) is 0 Å². The maximum atomic E-state index is 11.3. The first-order valence-electron chi connectivity index (χ1n) is 6.11. The van der Waals surface area contributed by atoms with Crippen molar-refractivity contribution >= 4 is 29.2 Å². The van der Waals surface area contributed by atoms with Gasteiger partial charge in [-0.3, -0.25) is 0 Å². The van der Waals surface area contributed by atoms with Gasteiger partial charge in [0.15, 0.2) is 11.4 Å². The van der Waals surface area contributed by atoms with Crippen LogP contribution in [-0.2, 0) is 0 Å². The summed E-state index contributed by atoms with van der Waals surface area (Å²) in [4.78, 5) is 19.4. The van der Waals surface area contributed by atoms with Gasteiger partial charge in [0.2, 0.25) is 0 Å². The zero-order valence-electron chi connectivity index (χ0n) is 11.3. The van der Waals surface area contributed by atoms with Gasteiger partial charge in [-0.25, -0.2) is 14.8 Å². The Labute approximate surface area is 131 Å². The minimum atomic E-state index is -1.20. The number of hydrogen-bond acceptors (Lipinski definition) is 4. The van der Waals surface area contributed by atoms with Crippen LogP contribution >= 0.6 is 23.2 Å². The third-order valence-corrected chi connectivity index (χ3v) is 3.14. The summed E-state index contributed by atoms with van der Waals surface area (Å²) in [5.41, 5.74) is -0.209. The van der Waals surface area contributed by atoms with Gasteiger partial charge < -0.3 is 9.84 Å². The van der Waals surface area contributed by atoms with Crippen LogP contribution in [0.25, 0.3) is 0 Å².